The Morgan fingerprint density at radius 2 is 2.03 bits per heavy atom. The Bertz CT molecular complexity index is 1030. The van der Waals surface area contributed by atoms with Gasteiger partial charge in [0.1, 0.15) is 11.8 Å². The average Bonchev–Trinajstić information content (AvgIpc) is 3.43. The van der Waals surface area contributed by atoms with Gasteiger partial charge in [0.25, 0.3) is 5.91 Å². The SMILES string of the molecule is CCOc1cccc(C(=O)N2C[C@H](O)C[C@H]2C(=O)NCc2ccc(C3SC=NC3C)cc2)c1. The van der Waals surface area contributed by atoms with E-state index in [4.69, 9.17) is 4.74 Å². The number of aliphatic imine (C=N–C) groups is 1. The van der Waals surface area contributed by atoms with E-state index < -0.39 is 12.1 Å². The molecule has 0 spiro atoms. The average molecular weight is 468 g/mol. The molecule has 1 saturated heterocycles. The Kier molecular flexibility index (Phi) is 7.35. The van der Waals surface area contributed by atoms with Crippen LogP contribution in [0.25, 0.3) is 0 Å². The molecule has 2 aromatic rings. The third kappa shape index (κ3) is 5.39. The smallest absolute Gasteiger partial charge is 0.254 e. The number of rotatable bonds is 7. The number of amides is 2. The molecule has 2 aliphatic rings. The van der Waals surface area contributed by atoms with Crippen molar-refractivity contribution in [3.63, 3.8) is 0 Å². The molecule has 174 valence electrons. The van der Waals surface area contributed by atoms with Crippen LogP contribution in [0.1, 0.15) is 47.0 Å². The minimum Gasteiger partial charge on any atom is -0.494 e. The van der Waals surface area contributed by atoms with E-state index in [0.717, 1.165) is 5.56 Å². The second-order valence-corrected chi connectivity index (χ2v) is 9.33. The summed E-state index contributed by atoms with van der Waals surface area (Å²) in [5.41, 5.74) is 4.53. The van der Waals surface area contributed by atoms with E-state index in [9.17, 15) is 14.7 Å². The summed E-state index contributed by atoms with van der Waals surface area (Å²) < 4.78 is 5.48. The number of likely N-dealkylation sites (tertiary alicyclic amines) is 1. The Balaban J connectivity index is 1.38. The fourth-order valence-electron chi connectivity index (χ4n) is 4.22. The summed E-state index contributed by atoms with van der Waals surface area (Å²) in [6.45, 7) is 4.97. The van der Waals surface area contributed by atoms with Gasteiger partial charge in [0.2, 0.25) is 5.91 Å². The lowest BCUT2D eigenvalue weighted by atomic mass is 10.0. The molecule has 0 radical (unpaired) electrons. The number of β-amino-alcohol motifs (C(OH)–C–C–N with tert-alkyl or cyclic N) is 1. The van der Waals surface area contributed by atoms with Crippen molar-refractivity contribution in [3.05, 3.63) is 65.2 Å². The number of benzene rings is 2. The van der Waals surface area contributed by atoms with Crippen molar-refractivity contribution in [3.8, 4) is 5.75 Å². The molecule has 0 bridgehead atoms. The molecule has 2 aliphatic heterocycles. The summed E-state index contributed by atoms with van der Waals surface area (Å²) in [5.74, 6) is 0.0471. The van der Waals surface area contributed by atoms with Gasteiger partial charge in [-0.15, -0.1) is 11.8 Å². The molecule has 2 unspecified atom stereocenters. The zero-order chi connectivity index (χ0) is 23.4. The molecule has 0 aliphatic carbocycles. The second-order valence-electron chi connectivity index (χ2n) is 8.33. The summed E-state index contributed by atoms with van der Waals surface area (Å²) in [4.78, 5) is 31.9. The van der Waals surface area contributed by atoms with Crippen molar-refractivity contribution in [1.82, 2.24) is 10.2 Å². The van der Waals surface area contributed by atoms with Gasteiger partial charge in [-0.2, -0.15) is 0 Å². The first-order valence-electron chi connectivity index (χ1n) is 11.2. The molecule has 0 saturated carbocycles. The van der Waals surface area contributed by atoms with E-state index in [-0.39, 0.29) is 30.8 Å². The third-order valence-corrected chi connectivity index (χ3v) is 7.15. The van der Waals surface area contributed by atoms with Gasteiger partial charge < -0.3 is 20.1 Å². The van der Waals surface area contributed by atoms with Gasteiger partial charge in [0.05, 0.1) is 29.5 Å². The van der Waals surface area contributed by atoms with E-state index in [1.807, 2.05) is 24.6 Å². The molecule has 7 nitrogen and oxygen atoms in total. The van der Waals surface area contributed by atoms with Crippen molar-refractivity contribution >= 4 is 29.1 Å². The highest BCUT2D eigenvalue weighted by Crippen LogP contribution is 2.36. The van der Waals surface area contributed by atoms with Crippen molar-refractivity contribution in [2.75, 3.05) is 13.2 Å². The van der Waals surface area contributed by atoms with Crippen LogP contribution in [0, 0.1) is 0 Å². The van der Waals surface area contributed by atoms with Crippen LogP contribution in [0.5, 0.6) is 5.75 Å². The molecule has 0 aromatic heterocycles. The number of nitrogens with zero attached hydrogens (tertiary/aromatic N) is 2. The number of nitrogens with one attached hydrogen (secondary N) is 1. The summed E-state index contributed by atoms with van der Waals surface area (Å²) in [7, 11) is 0. The summed E-state index contributed by atoms with van der Waals surface area (Å²) in [5, 5.41) is 13.4. The number of carbonyl (C=O) groups excluding carboxylic acids is 2. The van der Waals surface area contributed by atoms with E-state index in [2.05, 4.69) is 29.4 Å². The van der Waals surface area contributed by atoms with Gasteiger partial charge in [-0.25, -0.2) is 0 Å². The predicted molar refractivity (Wildman–Crippen MR) is 130 cm³/mol. The molecule has 4 atom stereocenters. The molecular formula is C25H29N3O4S. The van der Waals surface area contributed by atoms with E-state index >= 15 is 0 Å². The van der Waals surface area contributed by atoms with Gasteiger partial charge in [-0.05, 0) is 43.2 Å². The maximum Gasteiger partial charge on any atom is 0.254 e. The Morgan fingerprint density at radius 1 is 1.24 bits per heavy atom. The lowest BCUT2D eigenvalue weighted by molar-refractivity contribution is -0.125. The lowest BCUT2D eigenvalue weighted by Crippen LogP contribution is -2.45. The summed E-state index contributed by atoms with van der Waals surface area (Å²) in [6.07, 6.45) is -0.509. The van der Waals surface area contributed by atoms with Crippen molar-refractivity contribution in [2.24, 2.45) is 4.99 Å². The molecular weight excluding hydrogens is 438 g/mol. The van der Waals surface area contributed by atoms with Gasteiger partial charge >= 0.3 is 0 Å². The first kappa shape index (κ1) is 23.3. The lowest BCUT2D eigenvalue weighted by Gasteiger charge is -2.24. The van der Waals surface area contributed by atoms with E-state index in [0.29, 0.717) is 29.7 Å². The standard InChI is InChI=1S/C25H29N3O4S/c1-3-32-21-6-4-5-19(11-21)25(31)28-14-20(29)12-22(28)24(30)26-13-17-7-9-18(10-8-17)23-16(2)27-15-33-23/h4-11,15-16,20,22-23,29H,3,12-14H2,1-2H3,(H,26,30)/t16?,20-,22+,23?/m1/s1. The zero-order valence-electron chi connectivity index (χ0n) is 18.8. The molecule has 33 heavy (non-hydrogen) atoms. The molecule has 4 rings (SSSR count). The molecule has 8 heteroatoms. The maximum atomic E-state index is 13.1. The first-order chi connectivity index (χ1) is 16.0. The molecule has 2 N–H and O–H groups in total. The summed E-state index contributed by atoms with van der Waals surface area (Å²) in [6, 6.07) is 14.6. The summed E-state index contributed by atoms with van der Waals surface area (Å²) >= 11 is 1.72. The normalized spacial score (nSPS) is 24.2. The molecule has 2 heterocycles. The minimum absolute atomic E-state index is 0.129. The van der Waals surface area contributed by atoms with E-state index in [1.165, 1.54) is 10.5 Å². The number of ether oxygens (including phenoxy) is 1. The largest absolute Gasteiger partial charge is 0.494 e. The molecule has 2 aromatic carbocycles. The van der Waals surface area contributed by atoms with Crippen LogP contribution in [-0.2, 0) is 11.3 Å². The van der Waals surface area contributed by atoms with Crippen molar-refractivity contribution in [1.29, 1.82) is 0 Å². The van der Waals surface area contributed by atoms with Crippen LogP contribution in [0.15, 0.2) is 53.5 Å². The van der Waals surface area contributed by atoms with Crippen molar-refractivity contribution in [2.45, 2.75) is 50.3 Å². The Hall–Kier alpha value is -2.84. The van der Waals surface area contributed by atoms with Crippen LogP contribution in [0.3, 0.4) is 0 Å². The second kappa shape index (κ2) is 10.4. The quantitative estimate of drug-likeness (QED) is 0.653. The third-order valence-electron chi connectivity index (χ3n) is 5.95. The molecule has 1 fully saturated rings. The van der Waals surface area contributed by atoms with Crippen LogP contribution < -0.4 is 10.1 Å². The minimum atomic E-state index is -0.729. The van der Waals surface area contributed by atoms with Crippen LogP contribution >= 0.6 is 11.8 Å². The van der Waals surface area contributed by atoms with Gasteiger partial charge in [0, 0.05) is 25.1 Å². The maximum absolute atomic E-state index is 13.1. The number of hydrogen-bond acceptors (Lipinski definition) is 6. The Morgan fingerprint density at radius 3 is 2.73 bits per heavy atom. The number of hydrogen-bond donors (Lipinski definition) is 2. The van der Waals surface area contributed by atoms with Gasteiger partial charge in [-0.1, -0.05) is 30.3 Å². The van der Waals surface area contributed by atoms with Crippen LogP contribution in [-0.4, -0.2) is 58.7 Å². The fraction of sp³-hybridized carbons (Fsp3) is 0.400. The number of aliphatic hydroxyl groups excluding tert-OH is 1. The van der Waals surface area contributed by atoms with Crippen LogP contribution in [0.4, 0.5) is 0 Å². The number of thioether (sulfide) groups is 1. The number of aliphatic hydroxyl groups is 1. The van der Waals surface area contributed by atoms with Gasteiger partial charge in [0.15, 0.2) is 0 Å². The van der Waals surface area contributed by atoms with Crippen LogP contribution in [0.2, 0.25) is 0 Å². The molecule has 2 amide bonds. The fourth-order valence-corrected chi connectivity index (χ4v) is 5.22. The highest BCUT2D eigenvalue weighted by Gasteiger charge is 2.39. The van der Waals surface area contributed by atoms with Crippen molar-refractivity contribution < 1.29 is 19.4 Å². The monoisotopic (exact) mass is 467 g/mol. The van der Waals surface area contributed by atoms with E-state index in [1.54, 1.807) is 36.0 Å². The zero-order valence-corrected chi connectivity index (χ0v) is 19.6. The van der Waals surface area contributed by atoms with Gasteiger partial charge in [-0.3, -0.25) is 14.6 Å². The number of carbonyl (C=O) groups is 2. The highest BCUT2D eigenvalue weighted by molar-refractivity contribution is 8.12. The first-order valence-corrected chi connectivity index (χ1v) is 12.2. The topological polar surface area (TPSA) is 91.2 Å². The predicted octanol–water partition coefficient (Wildman–Crippen LogP) is 3.18. The highest BCUT2D eigenvalue weighted by atomic mass is 32.2. The Labute approximate surface area is 198 Å².